The second-order valence-electron chi connectivity index (χ2n) is 3.64. The van der Waals surface area contributed by atoms with Crippen LogP contribution in [0.4, 0.5) is 5.69 Å². The largest absolute Gasteiger partial charge is 0.508 e. The molecule has 0 aromatic heterocycles. The van der Waals surface area contributed by atoms with E-state index in [1.807, 2.05) is 30.3 Å². The molecule has 0 amide bonds. The van der Waals surface area contributed by atoms with Gasteiger partial charge in [0.25, 0.3) is 0 Å². The predicted octanol–water partition coefficient (Wildman–Crippen LogP) is 4.42. The van der Waals surface area contributed by atoms with Gasteiger partial charge in [-0.15, -0.1) is 0 Å². The lowest BCUT2D eigenvalue weighted by Crippen LogP contribution is -1.99. The fraction of sp³-hybridized carbons (Fsp3) is 0.0769. The van der Waals surface area contributed by atoms with Crippen LogP contribution in [-0.4, -0.2) is 5.11 Å². The molecule has 0 bridgehead atoms. The molecule has 2 nitrogen and oxygen atoms in total. The van der Waals surface area contributed by atoms with Gasteiger partial charge in [0.1, 0.15) is 5.75 Å². The lowest BCUT2D eigenvalue weighted by atomic mass is 10.2. The van der Waals surface area contributed by atoms with Crippen molar-refractivity contribution in [2.45, 2.75) is 6.54 Å². The van der Waals surface area contributed by atoms with E-state index in [4.69, 9.17) is 11.6 Å². The minimum Gasteiger partial charge on any atom is -0.508 e. The summed E-state index contributed by atoms with van der Waals surface area (Å²) >= 11 is 9.38. The van der Waals surface area contributed by atoms with Gasteiger partial charge in [0, 0.05) is 16.0 Å². The van der Waals surface area contributed by atoms with E-state index in [1.54, 1.807) is 12.1 Å². The maximum atomic E-state index is 9.18. The molecule has 0 unspecified atom stereocenters. The Balaban J connectivity index is 2.07. The summed E-state index contributed by atoms with van der Waals surface area (Å²) in [5, 5.41) is 13.1. The number of rotatable bonds is 3. The fourth-order valence-electron chi connectivity index (χ4n) is 1.44. The lowest BCUT2D eigenvalue weighted by Gasteiger charge is -2.09. The predicted molar refractivity (Wildman–Crippen MR) is 74.6 cm³/mol. The van der Waals surface area contributed by atoms with Crippen LogP contribution in [-0.2, 0) is 6.54 Å². The molecule has 0 heterocycles. The summed E-state index contributed by atoms with van der Waals surface area (Å²) in [5.41, 5.74) is 2.04. The number of aromatic hydroxyl groups is 1. The van der Waals surface area contributed by atoms with E-state index in [0.717, 1.165) is 15.7 Å². The minimum absolute atomic E-state index is 0.276. The molecule has 88 valence electrons. The standard InChI is InChI=1S/C13H11BrClNO/c14-12-6-3-10(15)7-13(12)16-8-9-1-4-11(17)5-2-9/h1-7,16-17H,8H2. The molecule has 0 saturated carbocycles. The third-order valence-electron chi connectivity index (χ3n) is 2.35. The van der Waals surface area contributed by atoms with E-state index in [1.165, 1.54) is 0 Å². The summed E-state index contributed by atoms with van der Waals surface area (Å²) in [5.74, 6) is 0.276. The Morgan fingerprint density at radius 2 is 1.82 bits per heavy atom. The average Bonchev–Trinajstić information content (AvgIpc) is 2.32. The Labute approximate surface area is 113 Å². The van der Waals surface area contributed by atoms with Crippen molar-refractivity contribution in [3.8, 4) is 5.75 Å². The quantitative estimate of drug-likeness (QED) is 0.879. The number of halogens is 2. The van der Waals surface area contributed by atoms with E-state index in [-0.39, 0.29) is 5.75 Å². The van der Waals surface area contributed by atoms with E-state index in [2.05, 4.69) is 21.2 Å². The molecule has 2 aromatic rings. The molecule has 0 atom stereocenters. The van der Waals surface area contributed by atoms with Crippen LogP contribution in [0.5, 0.6) is 5.75 Å². The first-order chi connectivity index (χ1) is 8.15. The van der Waals surface area contributed by atoms with Crippen LogP contribution in [0, 0.1) is 0 Å². The number of hydrogen-bond donors (Lipinski definition) is 2. The zero-order valence-electron chi connectivity index (χ0n) is 8.95. The van der Waals surface area contributed by atoms with Crippen LogP contribution >= 0.6 is 27.5 Å². The molecule has 0 radical (unpaired) electrons. The smallest absolute Gasteiger partial charge is 0.115 e. The van der Waals surface area contributed by atoms with Gasteiger partial charge < -0.3 is 10.4 Å². The highest BCUT2D eigenvalue weighted by Crippen LogP contribution is 2.26. The van der Waals surface area contributed by atoms with Crippen molar-refractivity contribution in [2.75, 3.05) is 5.32 Å². The third kappa shape index (κ3) is 3.38. The van der Waals surface area contributed by atoms with Crippen molar-refractivity contribution in [3.63, 3.8) is 0 Å². The van der Waals surface area contributed by atoms with Crippen molar-refractivity contribution in [3.05, 3.63) is 57.5 Å². The number of phenols is 1. The maximum absolute atomic E-state index is 9.18. The fourth-order valence-corrected chi connectivity index (χ4v) is 2.00. The topological polar surface area (TPSA) is 32.3 Å². The van der Waals surface area contributed by atoms with Crippen molar-refractivity contribution in [1.29, 1.82) is 0 Å². The zero-order valence-corrected chi connectivity index (χ0v) is 11.3. The summed E-state index contributed by atoms with van der Waals surface area (Å²) in [7, 11) is 0. The van der Waals surface area contributed by atoms with Crippen molar-refractivity contribution in [2.24, 2.45) is 0 Å². The molecule has 0 saturated heterocycles. The van der Waals surface area contributed by atoms with Gasteiger partial charge in [-0.1, -0.05) is 23.7 Å². The molecule has 0 aliphatic rings. The number of anilines is 1. The first-order valence-corrected chi connectivity index (χ1v) is 6.29. The number of hydrogen-bond acceptors (Lipinski definition) is 2. The van der Waals surface area contributed by atoms with Gasteiger partial charge >= 0.3 is 0 Å². The molecular weight excluding hydrogens is 302 g/mol. The van der Waals surface area contributed by atoms with Gasteiger partial charge in [-0.25, -0.2) is 0 Å². The van der Waals surface area contributed by atoms with Crippen LogP contribution in [0.15, 0.2) is 46.9 Å². The third-order valence-corrected chi connectivity index (χ3v) is 3.27. The first kappa shape index (κ1) is 12.3. The zero-order chi connectivity index (χ0) is 12.3. The first-order valence-electron chi connectivity index (χ1n) is 5.12. The molecule has 2 rings (SSSR count). The van der Waals surface area contributed by atoms with Crippen LogP contribution in [0.2, 0.25) is 5.02 Å². The number of nitrogens with one attached hydrogen (secondary N) is 1. The monoisotopic (exact) mass is 311 g/mol. The van der Waals surface area contributed by atoms with Gasteiger partial charge in [0.05, 0.1) is 5.69 Å². The Bertz CT molecular complexity index is 513. The van der Waals surface area contributed by atoms with Gasteiger partial charge in [0.15, 0.2) is 0 Å². The molecule has 2 N–H and O–H groups in total. The van der Waals surface area contributed by atoms with E-state index < -0.39 is 0 Å². The van der Waals surface area contributed by atoms with Crippen molar-refractivity contribution >= 4 is 33.2 Å². The summed E-state index contributed by atoms with van der Waals surface area (Å²) < 4.78 is 0.973. The van der Waals surface area contributed by atoms with Crippen LogP contribution in [0.3, 0.4) is 0 Å². The second-order valence-corrected chi connectivity index (χ2v) is 4.93. The molecule has 0 spiro atoms. The van der Waals surface area contributed by atoms with Crippen molar-refractivity contribution < 1.29 is 5.11 Å². The minimum atomic E-state index is 0.276. The number of benzene rings is 2. The van der Waals surface area contributed by atoms with Gasteiger partial charge in [0.2, 0.25) is 0 Å². The molecule has 0 aliphatic heterocycles. The normalized spacial score (nSPS) is 10.2. The average molecular weight is 313 g/mol. The Morgan fingerprint density at radius 3 is 2.53 bits per heavy atom. The van der Waals surface area contributed by atoms with Gasteiger partial charge in [-0.05, 0) is 51.8 Å². The molecule has 17 heavy (non-hydrogen) atoms. The summed E-state index contributed by atoms with van der Waals surface area (Å²) in [4.78, 5) is 0. The van der Waals surface area contributed by atoms with Gasteiger partial charge in [-0.3, -0.25) is 0 Å². The van der Waals surface area contributed by atoms with Crippen molar-refractivity contribution in [1.82, 2.24) is 0 Å². The summed E-state index contributed by atoms with van der Waals surface area (Å²) in [6, 6.07) is 12.7. The van der Waals surface area contributed by atoms with Gasteiger partial charge in [-0.2, -0.15) is 0 Å². The van der Waals surface area contributed by atoms with Crippen LogP contribution in [0.25, 0.3) is 0 Å². The van der Waals surface area contributed by atoms with E-state index >= 15 is 0 Å². The molecule has 4 heteroatoms. The SMILES string of the molecule is Oc1ccc(CNc2cc(Cl)ccc2Br)cc1. The Kier molecular flexibility index (Phi) is 3.92. The molecular formula is C13H11BrClNO. The molecule has 2 aromatic carbocycles. The lowest BCUT2D eigenvalue weighted by molar-refractivity contribution is 0.475. The highest BCUT2D eigenvalue weighted by atomic mass is 79.9. The van der Waals surface area contributed by atoms with E-state index in [0.29, 0.717) is 11.6 Å². The summed E-state index contributed by atoms with van der Waals surface area (Å²) in [6.45, 7) is 0.680. The number of phenolic OH excluding ortho intramolecular Hbond substituents is 1. The second kappa shape index (κ2) is 5.43. The Morgan fingerprint density at radius 1 is 1.12 bits per heavy atom. The van der Waals surface area contributed by atoms with Crippen LogP contribution < -0.4 is 5.32 Å². The highest BCUT2D eigenvalue weighted by Gasteiger charge is 2.00. The summed E-state index contributed by atoms with van der Waals surface area (Å²) in [6.07, 6.45) is 0. The van der Waals surface area contributed by atoms with Crippen LogP contribution in [0.1, 0.15) is 5.56 Å². The highest BCUT2D eigenvalue weighted by molar-refractivity contribution is 9.10. The molecule has 0 aliphatic carbocycles. The Hall–Kier alpha value is -1.19. The maximum Gasteiger partial charge on any atom is 0.115 e. The molecule has 0 fully saturated rings. The van der Waals surface area contributed by atoms with E-state index in [9.17, 15) is 5.11 Å².